The molecule has 2 N–H and O–H groups in total. The van der Waals surface area contributed by atoms with Crippen LogP contribution < -0.4 is 4.74 Å². The Morgan fingerprint density at radius 1 is 1.03 bits per heavy atom. The van der Waals surface area contributed by atoms with Crippen LogP contribution in [0.4, 0.5) is 0 Å². The van der Waals surface area contributed by atoms with Crippen molar-refractivity contribution in [2.45, 2.75) is 11.8 Å². The number of benzene rings is 3. The van der Waals surface area contributed by atoms with Crippen LogP contribution in [0.3, 0.4) is 0 Å². The Hall–Kier alpha value is -4.23. The molecule has 0 amide bonds. The van der Waals surface area contributed by atoms with Crippen LogP contribution in [-0.4, -0.2) is 36.3 Å². The summed E-state index contributed by atoms with van der Waals surface area (Å²) in [5, 5.41) is 31.0. The van der Waals surface area contributed by atoms with E-state index in [1.807, 2.05) is 36.6 Å². The van der Waals surface area contributed by atoms with Gasteiger partial charge in [-0.05, 0) is 54.3 Å². The minimum Gasteiger partial charge on any atom is -0.508 e. The van der Waals surface area contributed by atoms with Crippen LogP contribution in [0.5, 0.6) is 11.5 Å². The molecule has 0 spiro atoms. The summed E-state index contributed by atoms with van der Waals surface area (Å²) in [5.41, 5.74) is 3.51. The third kappa shape index (κ3) is 5.49. The number of imidazole rings is 1. The molecule has 0 saturated heterocycles. The highest BCUT2D eigenvalue weighted by atomic mass is 35.5. The first-order valence-corrected chi connectivity index (χ1v) is 13.5. The number of halogens is 2. The molecule has 5 rings (SSSR count). The van der Waals surface area contributed by atoms with Crippen LogP contribution in [-0.2, 0) is 6.61 Å². The van der Waals surface area contributed by atoms with E-state index in [4.69, 9.17) is 38.2 Å². The Balaban J connectivity index is 1.60. The third-order valence-electron chi connectivity index (χ3n) is 5.76. The zero-order valence-electron chi connectivity index (χ0n) is 20.3. The molecule has 0 atom stereocenters. The van der Waals surface area contributed by atoms with Gasteiger partial charge in [0.05, 0.1) is 32.9 Å². The van der Waals surface area contributed by atoms with Gasteiger partial charge in [0.25, 0.3) is 0 Å². The lowest BCUT2D eigenvalue weighted by Crippen LogP contribution is -2.00. The number of hydrogen-bond acceptors (Lipinski definition) is 8. The van der Waals surface area contributed by atoms with Crippen LogP contribution in [0.15, 0.2) is 78.1 Å². The van der Waals surface area contributed by atoms with Crippen molar-refractivity contribution in [3.05, 3.63) is 94.1 Å². The van der Waals surface area contributed by atoms with Gasteiger partial charge in [-0.1, -0.05) is 59.2 Å². The van der Waals surface area contributed by atoms with Gasteiger partial charge in [-0.3, -0.25) is 0 Å². The summed E-state index contributed by atoms with van der Waals surface area (Å²) >= 11 is 14.2. The normalized spacial score (nSPS) is 10.8. The number of phenols is 1. The minimum atomic E-state index is -0.113. The number of thioether (sulfide) groups is 1. The Labute approximate surface area is 238 Å². The highest BCUT2D eigenvalue weighted by Gasteiger charge is 2.26. The van der Waals surface area contributed by atoms with E-state index < -0.39 is 0 Å². The molecule has 0 aliphatic heterocycles. The van der Waals surface area contributed by atoms with Gasteiger partial charge in [0.15, 0.2) is 11.0 Å². The van der Waals surface area contributed by atoms with Crippen LogP contribution >= 0.6 is 35.0 Å². The maximum atomic E-state index is 11.4. The number of phenolic OH excluding ortho intramolecular Hbond substituents is 1. The summed E-state index contributed by atoms with van der Waals surface area (Å²) in [7, 11) is 0. The van der Waals surface area contributed by atoms with E-state index in [-0.39, 0.29) is 27.2 Å². The summed E-state index contributed by atoms with van der Waals surface area (Å²) in [6, 6.07) is 20.8. The highest BCUT2D eigenvalue weighted by molar-refractivity contribution is 7.98. The van der Waals surface area contributed by atoms with Crippen molar-refractivity contribution in [3.8, 4) is 51.6 Å². The van der Waals surface area contributed by atoms with Gasteiger partial charge in [-0.15, -0.1) is 0 Å². The standard InChI is InChI=1S/C28H19Cl2N5O3S/c1-39-28-32-10-9-23(33-28)26-25(34-27(35(26)37)24-21(29)12-19(36)13-22(24)30)18-3-2-4-20(11-18)38-15-17-7-5-16(14-31)6-8-17/h2-13,36-37H,15H2,1H3. The summed E-state index contributed by atoms with van der Waals surface area (Å²) in [6.07, 6.45) is 3.45. The molecule has 0 radical (unpaired) electrons. The number of hydrogen-bond donors (Lipinski definition) is 2. The number of aromatic nitrogens is 4. The molecule has 11 heteroatoms. The zero-order valence-corrected chi connectivity index (χ0v) is 22.7. The van der Waals surface area contributed by atoms with Crippen LogP contribution in [0.2, 0.25) is 10.0 Å². The lowest BCUT2D eigenvalue weighted by molar-refractivity contribution is 0.195. The topological polar surface area (TPSA) is 117 Å². The van der Waals surface area contributed by atoms with E-state index >= 15 is 0 Å². The molecule has 0 aliphatic rings. The second kappa shape index (κ2) is 11.3. The first-order valence-electron chi connectivity index (χ1n) is 11.5. The molecule has 0 fully saturated rings. The molecule has 194 valence electrons. The van der Waals surface area contributed by atoms with E-state index in [0.717, 1.165) is 10.3 Å². The fourth-order valence-electron chi connectivity index (χ4n) is 3.93. The van der Waals surface area contributed by atoms with E-state index in [9.17, 15) is 10.3 Å². The van der Waals surface area contributed by atoms with Crippen LogP contribution in [0.25, 0.3) is 34.0 Å². The average molecular weight is 576 g/mol. The van der Waals surface area contributed by atoms with Gasteiger partial charge in [0.2, 0.25) is 0 Å². The van der Waals surface area contributed by atoms with Crippen molar-refractivity contribution in [2.75, 3.05) is 6.26 Å². The van der Waals surface area contributed by atoms with Crippen molar-refractivity contribution in [2.24, 2.45) is 0 Å². The number of nitriles is 1. The first kappa shape index (κ1) is 26.4. The maximum Gasteiger partial charge on any atom is 0.187 e. The second-order valence-electron chi connectivity index (χ2n) is 8.28. The van der Waals surface area contributed by atoms with Gasteiger partial charge in [-0.2, -0.15) is 9.99 Å². The lowest BCUT2D eigenvalue weighted by Gasteiger charge is -2.10. The molecule has 8 nitrogen and oxygen atoms in total. The molecule has 0 unspecified atom stereocenters. The molecule has 0 aliphatic carbocycles. The van der Waals surface area contributed by atoms with Crippen LogP contribution in [0, 0.1) is 11.3 Å². The molecule has 39 heavy (non-hydrogen) atoms. The largest absolute Gasteiger partial charge is 0.508 e. The maximum absolute atomic E-state index is 11.4. The van der Waals surface area contributed by atoms with E-state index in [1.54, 1.807) is 30.5 Å². The zero-order chi connectivity index (χ0) is 27.5. The van der Waals surface area contributed by atoms with E-state index in [1.165, 1.54) is 23.9 Å². The molecule has 0 saturated carbocycles. The van der Waals surface area contributed by atoms with Gasteiger partial charge >= 0.3 is 0 Å². The van der Waals surface area contributed by atoms with Crippen molar-refractivity contribution in [1.29, 1.82) is 5.26 Å². The Kier molecular flexibility index (Phi) is 7.61. The quantitative estimate of drug-likeness (QED) is 0.120. The monoisotopic (exact) mass is 575 g/mol. The predicted octanol–water partition coefficient (Wildman–Crippen LogP) is 7.10. The van der Waals surface area contributed by atoms with Gasteiger partial charge in [0.1, 0.15) is 29.5 Å². The molecular formula is C28H19Cl2N5O3S. The number of rotatable bonds is 7. The average Bonchev–Trinajstić information content (AvgIpc) is 3.28. The van der Waals surface area contributed by atoms with Crippen molar-refractivity contribution in [3.63, 3.8) is 0 Å². The van der Waals surface area contributed by atoms with Crippen molar-refractivity contribution >= 4 is 35.0 Å². The molecular weight excluding hydrogens is 557 g/mol. The van der Waals surface area contributed by atoms with Gasteiger partial charge in [-0.25, -0.2) is 15.0 Å². The lowest BCUT2D eigenvalue weighted by atomic mass is 10.1. The Morgan fingerprint density at radius 3 is 2.46 bits per heavy atom. The number of aromatic hydroxyl groups is 1. The van der Waals surface area contributed by atoms with Gasteiger partial charge in [0, 0.05) is 11.8 Å². The second-order valence-corrected chi connectivity index (χ2v) is 9.87. The van der Waals surface area contributed by atoms with Crippen LogP contribution in [0.1, 0.15) is 11.1 Å². The summed E-state index contributed by atoms with van der Waals surface area (Å²) < 4.78 is 6.89. The minimum absolute atomic E-state index is 0.0724. The molecule has 2 aromatic heterocycles. The predicted molar refractivity (Wildman–Crippen MR) is 150 cm³/mol. The van der Waals surface area contributed by atoms with Crippen molar-refractivity contribution < 1.29 is 15.1 Å². The fourth-order valence-corrected chi connectivity index (χ4v) is 4.93. The summed E-state index contributed by atoms with van der Waals surface area (Å²) in [5.74, 6) is 0.533. The van der Waals surface area contributed by atoms with E-state index in [2.05, 4.69) is 16.0 Å². The Morgan fingerprint density at radius 2 is 1.77 bits per heavy atom. The third-order valence-corrected chi connectivity index (χ3v) is 6.92. The summed E-state index contributed by atoms with van der Waals surface area (Å²) in [6.45, 7) is 0.295. The summed E-state index contributed by atoms with van der Waals surface area (Å²) in [4.78, 5) is 13.5. The van der Waals surface area contributed by atoms with E-state index in [0.29, 0.717) is 45.7 Å². The number of nitrogens with zero attached hydrogens (tertiary/aromatic N) is 5. The molecule has 2 heterocycles. The first-order chi connectivity index (χ1) is 18.9. The molecule has 3 aromatic carbocycles. The highest BCUT2D eigenvalue weighted by Crippen LogP contribution is 2.41. The fraction of sp³-hybridized carbons (Fsp3) is 0.0714. The smallest absolute Gasteiger partial charge is 0.187 e. The SMILES string of the molecule is CSc1nccc(-c2c(-c3cccc(OCc4ccc(C#N)cc4)c3)nc(-c3c(Cl)cc(O)cc3Cl)n2O)n1. The molecule has 0 bridgehead atoms. The van der Waals surface area contributed by atoms with Crippen molar-refractivity contribution in [1.82, 2.24) is 19.7 Å². The Bertz CT molecular complexity index is 1690. The molecule has 5 aromatic rings. The number of ether oxygens (including phenoxy) is 1. The van der Waals surface area contributed by atoms with Gasteiger partial charge < -0.3 is 15.1 Å².